The van der Waals surface area contributed by atoms with Crippen LogP contribution in [0.25, 0.3) is 0 Å². The van der Waals surface area contributed by atoms with Gasteiger partial charge >= 0.3 is 0 Å². The van der Waals surface area contributed by atoms with E-state index in [0.29, 0.717) is 5.76 Å². The van der Waals surface area contributed by atoms with Crippen LogP contribution in [-0.2, 0) is 0 Å². The molecule has 1 nitrogen and oxygen atoms in total. The SMILES string of the molecule is CC.CC1=CC(O)=C(C)CC1. The molecule has 0 heterocycles. The van der Waals surface area contributed by atoms with Crippen molar-refractivity contribution in [1.82, 2.24) is 0 Å². The molecule has 0 aromatic carbocycles. The molecule has 1 aliphatic rings. The number of allylic oxidation sites excluding steroid dienone is 3. The second-order valence-electron chi connectivity index (χ2n) is 2.66. The Morgan fingerprint density at radius 1 is 1.18 bits per heavy atom. The molecule has 0 saturated heterocycles. The van der Waals surface area contributed by atoms with E-state index in [9.17, 15) is 0 Å². The summed E-state index contributed by atoms with van der Waals surface area (Å²) in [5, 5.41) is 9.15. The Hall–Kier alpha value is -0.720. The molecule has 1 heteroatoms. The molecular weight excluding hydrogens is 136 g/mol. The van der Waals surface area contributed by atoms with Crippen molar-refractivity contribution in [1.29, 1.82) is 0 Å². The summed E-state index contributed by atoms with van der Waals surface area (Å²) in [5.41, 5.74) is 2.39. The van der Waals surface area contributed by atoms with Crippen molar-refractivity contribution >= 4 is 0 Å². The molecule has 0 bridgehead atoms. The van der Waals surface area contributed by atoms with Gasteiger partial charge in [-0.2, -0.15) is 0 Å². The number of aliphatic hydroxyl groups excluding tert-OH is 1. The van der Waals surface area contributed by atoms with Crippen LogP contribution in [-0.4, -0.2) is 5.11 Å². The molecule has 0 spiro atoms. The van der Waals surface area contributed by atoms with Crippen molar-refractivity contribution in [3.05, 3.63) is 23.0 Å². The molecule has 0 aromatic rings. The highest BCUT2D eigenvalue weighted by Gasteiger charge is 2.04. The zero-order valence-electron chi connectivity index (χ0n) is 7.94. The minimum atomic E-state index is 0.471. The van der Waals surface area contributed by atoms with Crippen LogP contribution >= 0.6 is 0 Å². The molecule has 11 heavy (non-hydrogen) atoms. The zero-order chi connectivity index (χ0) is 8.85. The molecule has 0 atom stereocenters. The summed E-state index contributed by atoms with van der Waals surface area (Å²) in [6.07, 6.45) is 3.98. The summed E-state index contributed by atoms with van der Waals surface area (Å²) < 4.78 is 0. The molecule has 1 rings (SSSR count). The average Bonchev–Trinajstić information content (AvgIpc) is 2.02. The second-order valence-corrected chi connectivity index (χ2v) is 2.66. The molecule has 1 N–H and O–H groups in total. The number of hydrogen-bond donors (Lipinski definition) is 1. The normalized spacial score (nSPS) is 16.9. The summed E-state index contributed by atoms with van der Waals surface area (Å²) in [7, 11) is 0. The van der Waals surface area contributed by atoms with Crippen molar-refractivity contribution < 1.29 is 5.11 Å². The van der Waals surface area contributed by atoms with Crippen LogP contribution in [0.2, 0.25) is 0 Å². The molecule has 0 saturated carbocycles. The van der Waals surface area contributed by atoms with Crippen LogP contribution in [0.5, 0.6) is 0 Å². The summed E-state index contributed by atoms with van der Waals surface area (Å²) in [6.45, 7) is 8.01. The first-order valence-electron chi connectivity index (χ1n) is 4.26. The van der Waals surface area contributed by atoms with Gasteiger partial charge in [0.2, 0.25) is 0 Å². The van der Waals surface area contributed by atoms with E-state index in [1.54, 1.807) is 0 Å². The number of hydrogen-bond acceptors (Lipinski definition) is 1. The Kier molecular flexibility index (Phi) is 4.67. The van der Waals surface area contributed by atoms with Gasteiger partial charge in [-0.25, -0.2) is 0 Å². The Balaban J connectivity index is 0.000000461. The van der Waals surface area contributed by atoms with Gasteiger partial charge in [0.25, 0.3) is 0 Å². The third kappa shape index (κ3) is 3.26. The van der Waals surface area contributed by atoms with Crippen molar-refractivity contribution in [2.45, 2.75) is 40.5 Å². The second kappa shape index (κ2) is 5.00. The molecule has 0 fully saturated rings. The first-order chi connectivity index (χ1) is 5.20. The molecule has 0 unspecified atom stereocenters. The molecule has 1 aliphatic carbocycles. The van der Waals surface area contributed by atoms with E-state index in [0.717, 1.165) is 18.4 Å². The van der Waals surface area contributed by atoms with Gasteiger partial charge in [-0.05, 0) is 38.3 Å². The fraction of sp³-hybridized carbons (Fsp3) is 0.600. The standard InChI is InChI=1S/C8H12O.C2H6/c1-6-3-4-7(2)8(9)5-6;1-2/h5,9H,3-4H2,1-2H3;1-2H3. The van der Waals surface area contributed by atoms with E-state index in [-0.39, 0.29) is 0 Å². The van der Waals surface area contributed by atoms with Crippen LogP contribution in [0.3, 0.4) is 0 Å². The minimum absolute atomic E-state index is 0.471. The third-order valence-electron chi connectivity index (χ3n) is 1.71. The quantitative estimate of drug-likeness (QED) is 0.565. The summed E-state index contributed by atoms with van der Waals surface area (Å²) in [5.74, 6) is 0.471. The molecular formula is C10H18O. The highest BCUT2D eigenvalue weighted by Crippen LogP contribution is 2.20. The van der Waals surface area contributed by atoms with Gasteiger partial charge in [-0.15, -0.1) is 0 Å². The summed E-state index contributed by atoms with van der Waals surface area (Å²) in [6, 6.07) is 0. The molecule has 0 aliphatic heterocycles. The van der Waals surface area contributed by atoms with E-state index < -0.39 is 0 Å². The first kappa shape index (κ1) is 10.3. The van der Waals surface area contributed by atoms with Gasteiger partial charge in [0.05, 0.1) is 0 Å². The monoisotopic (exact) mass is 154 g/mol. The third-order valence-corrected chi connectivity index (χ3v) is 1.71. The van der Waals surface area contributed by atoms with Gasteiger partial charge in [0.15, 0.2) is 0 Å². The maximum Gasteiger partial charge on any atom is 0.114 e. The van der Waals surface area contributed by atoms with Gasteiger partial charge in [-0.1, -0.05) is 19.4 Å². The minimum Gasteiger partial charge on any atom is -0.508 e. The van der Waals surface area contributed by atoms with Gasteiger partial charge in [0.1, 0.15) is 5.76 Å². The molecule has 0 radical (unpaired) electrons. The van der Waals surface area contributed by atoms with Gasteiger partial charge in [0, 0.05) is 0 Å². The molecule has 64 valence electrons. The smallest absolute Gasteiger partial charge is 0.114 e. The number of rotatable bonds is 0. The van der Waals surface area contributed by atoms with Crippen molar-refractivity contribution in [2.75, 3.05) is 0 Å². The van der Waals surface area contributed by atoms with Crippen LogP contribution in [0.4, 0.5) is 0 Å². The predicted octanol–water partition coefficient (Wildman–Crippen LogP) is 3.58. The Morgan fingerprint density at radius 3 is 2.09 bits per heavy atom. The van der Waals surface area contributed by atoms with E-state index >= 15 is 0 Å². The molecule has 0 aromatic heterocycles. The van der Waals surface area contributed by atoms with Crippen molar-refractivity contribution in [2.24, 2.45) is 0 Å². The summed E-state index contributed by atoms with van der Waals surface area (Å²) >= 11 is 0. The number of aliphatic hydroxyl groups is 1. The average molecular weight is 154 g/mol. The van der Waals surface area contributed by atoms with Crippen molar-refractivity contribution in [3.8, 4) is 0 Å². The van der Waals surface area contributed by atoms with Crippen LogP contribution in [0, 0.1) is 0 Å². The van der Waals surface area contributed by atoms with E-state index in [4.69, 9.17) is 5.11 Å². The van der Waals surface area contributed by atoms with E-state index in [1.165, 1.54) is 5.57 Å². The topological polar surface area (TPSA) is 20.2 Å². The molecule has 0 amide bonds. The van der Waals surface area contributed by atoms with Crippen LogP contribution < -0.4 is 0 Å². The predicted molar refractivity (Wildman–Crippen MR) is 49.7 cm³/mol. The maximum absolute atomic E-state index is 9.15. The van der Waals surface area contributed by atoms with Gasteiger partial charge in [-0.3, -0.25) is 0 Å². The summed E-state index contributed by atoms with van der Waals surface area (Å²) in [4.78, 5) is 0. The Bertz CT molecular complexity index is 175. The lowest BCUT2D eigenvalue weighted by molar-refractivity contribution is 0.418. The van der Waals surface area contributed by atoms with E-state index in [2.05, 4.69) is 0 Å². The lowest BCUT2D eigenvalue weighted by Gasteiger charge is -2.09. The highest BCUT2D eigenvalue weighted by molar-refractivity contribution is 5.26. The van der Waals surface area contributed by atoms with Gasteiger partial charge < -0.3 is 5.11 Å². The Morgan fingerprint density at radius 2 is 1.73 bits per heavy atom. The largest absolute Gasteiger partial charge is 0.508 e. The fourth-order valence-corrected chi connectivity index (χ4v) is 0.942. The van der Waals surface area contributed by atoms with Crippen molar-refractivity contribution in [3.63, 3.8) is 0 Å². The Labute approximate surface area is 69.4 Å². The lowest BCUT2D eigenvalue weighted by atomic mass is 10.00. The maximum atomic E-state index is 9.15. The first-order valence-corrected chi connectivity index (χ1v) is 4.26. The lowest BCUT2D eigenvalue weighted by Crippen LogP contribution is -1.93. The fourth-order valence-electron chi connectivity index (χ4n) is 0.942. The zero-order valence-corrected chi connectivity index (χ0v) is 7.94. The highest BCUT2D eigenvalue weighted by atomic mass is 16.3. The van der Waals surface area contributed by atoms with Crippen LogP contribution in [0.1, 0.15) is 40.5 Å². The van der Waals surface area contributed by atoms with E-state index in [1.807, 2.05) is 33.8 Å². The van der Waals surface area contributed by atoms with Crippen LogP contribution in [0.15, 0.2) is 23.0 Å².